The molecular formula is C43H50N6O7. The smallest absolute Gasteiger partial charge is 0.407 e. The van der Waals surface area contributed by atoms with Gasteiger partial charge in [0.05, 0.1) is 49.2 Å². The second-order valence-corrected chi connectivity index (χ2v) is 15.4. The minimum Gasteiger partial charge on any atom is -0.453 e. The number of aromatic amines is 2. The van der Waals surface area contributed by atoms with E-state index in [-0.39, 0.29) is 35.4 Å². The molecule has 4 atom stereocenters. The van der Waals surface area contributed by atoms with E-state index in [4.69, 9.17) is 19.2 Å². The third-order valence-electron chi connectivity index (χ3n) is 11.5. The van der Waals surface area contributed by atoms with E-state index < -0.39 is 17.7 Å². The number of hydrogen-bond donors (Lipinski definition) is 3. The van der Waals surface area contributed by atoms with Crippen LogP contribution < -0.4 is 10.7 Å². The number of methoxy groups -OCH3 is 3. The lowest BCUT2D eigenvalue weighted by Crippen LogP contribution is -2.59. The van der Waals surface area contributed by atoms with Crippen LogP contribution in [0.2, 0.25) is 0 Å². The van der Waals surface area contributed by atoms with E-state index >= 15 is 0 Å². The molecule has 13 heteroatoms. The molecule has 3 aromatic carbocycles. The zero-order chi connectivity index (χ0) is 39.7. The van der Waals surface area contributed by atoms with E-state index in [1.807, 2.05) is 36.2 Å². The number of alkyl carbamates (subject to hydrolysis) is 1. The summed E-state index contributed by atoms with van der Waals surface area (Å²) in [5.41, 5.74) is 3.95. The summed E-state index contributed by atoms with van der Waals surface area (Å²) >= 11 is 0. The number of nitrogens with zero attached hydrogens (tertiary/aromatic N) is 3. The van der Waals surface area contributed by atoms with Crippen LogP contribution in [-0.2, 0) is 23.8 Å². The Morgan fingerprint density at radius 1 is 0.875 bits per heavy atom. The lowest BCUT2D eigenvalue weighted by atomic mass is 9.96. The molecule has 7 rings (SSSR count). The molecule has 2 aliphatic heterocycles. The molecule has 3 N–H and O–H groups in total. The van der Waals surface area contributed by atoms with Gasteiger partial charge in [-0.15, -0.1) is 0 Å². The average molecular weight is 763 g/mol. The molecule has 0 bridgehead atoms. The first-order valence-corrected chi connectivity index (χ1v) is 19.2. The van der Waals surface area contributed by atoms with Gasteiger partial charge in [0.25, 0.3) is 0 Å². The van der Waals surface area contributed by atoms with Crippen molar-refractivity contribution in [3.05, 3.63) is 88.6 Å². The van der Waals surface area contributed by atoms with Crippen LogP contribution in [0.25, 0.3) is 44.1 Å². The molecule has 13 nitrogen and oxygen atoms in total. The van der Waals surface area contributed by atoms with Gasteiger partial charge in [-0.2, -0.15) is 0 Å². The van der Waals surface area contributed by atoms with Crippen molar-refractivity contribution in [1.29, 1.82) is 0 Å². The molecule has 0 saturated carbocycles. The van der Waals surface area contributed by atoms with Crippen LogP contribution in [-0.4, -0.2) is 94.8 Å². The molecule has 2 aliphatic rings. The van der Waals surface area contributed by atoms with Crippen molar-refractivity contribution in [2.24, 2.45) is 0 Å². The predicted octanol–water partition coefficient (Wildman–Crippen LogP) is 6.64. The summed E-state index contributed by atoms with van der Waals surface area (Å²) in [7, 11) is 4.36. The molecule has 56 heavy (non-hydrogen) atoms. The van der Waals surface area contributed by atoms with Gasteiger partial charge < -0.3 is 39.3 Å². The molecule has 2 aromatic heterocycles. The first kappa shape index (κ1) is 38.7. The summed E-state index contributed by atoms with van der Waals surface area (Å²) in [6.45, 7) is 6.57. The quantitative estimate of drug-likeness (QED) is 0.135. The van der Waals surface area contributed by atoms with Crippen LogP contribution >= 0.6 is 0 Å². The summed E-state index contributed by atoms with van der Waals surface area (Å²) in [6.07, 6.45) is 4.55. The number of rotatable bonds is 11. The summed E-state index contributed by atoms with van der Waals surface area (Å²) in [6, 6.07) is 18.5. The number of aromatic nitrogens is 3. The Morgan fingerprint density at radius 2 is 1.54 bits per heavy atom. The van der Waals surface area contributed by atoms with Crippen molar-refractivity contribution < 1.29 is 28.6 Å². The number of H-pyrrole nitrogens is 2. The van der Waals surface area contributed by atoms with Crippen LogP contribution in [0, 0.1) is 0 Å². The van der Waals surface area contributed by atoms with E-state index in [1.54, 1.807) is 31.9 Å². The van der Waals surface area contributed by atoms with Gasteiger partial charge in [-0.3, -0.25) is 14.4 Å². The number of fused-ring (bicyclic) bond motifs is 2. The van der Waals surface area contributed by atoms with E-state index in [0.29, 0.717) is 36.0 Å². The Labute approximate surface area is 325 Å². The summed E-state index contributed by atoms with van der Waals surface area (Å²) in [5.74, 6) is 0.571. The number of likely N-dealkylation sites (tertiary alicyclic amines) is 2. The van der Waals surface area contributed by atoms with E-state index in [0.717, 1.165) is 64.8 Å². The summed E-state index contributed by atoms with van der Waals surface area (Å²) < 4.78 is 15.7. The third-order valence-corrected chi connectivity index (χ3v) is 11.5. The standard InChI is InChI=1S/C43H50N6O7/c1-25(54-4)19-38(51)48-17-8-10-36(48)40-44-24-34(46-40)30-14-13-26-20-27(11-12-28(26)21-30)29-15-16-32-31(22-29)37(50)23-33(45-32)35-9-7-18-49(35)41(52)39(43(2,3)56-6)47-42(53)55-5/h11-16,20-25,35-36,39H,7-10,17-19H2,1-6H3,(H,44,46)(H,45,50)(H,47,53)/t25-,35?,36+,39-/m1/s1. The molecule has 5 aromatic rings. The van der Waals surface area contributed by atoms with E-state index in [9.17, 15) is 19.2 Å². The highest BCUT2D eigenvalue weighted by Gasteiger charge is 2.43. The van der Waals surface area contributed by atoms with Crippen molar-refractivity contribution in [1.82, 2.24) is 30.1 Å². The maximum atomic E-state index is 13.9. The van der Waals surface area contributed by atoms with Gasteiger partial charge in [-0.25, -0.2) is 9.78 Å². The molecule has 0 radical (unpaired) electrons. The van der Waals surface area contributed by atoms with Crippen LogP contribution in [0.1, 0.15) is 76.5 Å². The number of nitrogens with one attached hydrogen (secondary N) is 3. The van der Waals surface area contributed by atoms with Crippen LogP contribution in [0.4, 0.5) is 4.79 Å². The molecule has 3 amide bonds. The molecule has 0 spiro atoms. The molecule has 4 heterocycles. The van der Waals surface area contributed by atoms with E-state index in [1.165, 1.54) is 14.2 Å². The highest BCUT2D eigenvalue weighted by molar-refractivity contribution is 5.92. The lowest BCUT2D eigenvalue weighted by molar-refractivity contribution is -0.142. The van der Waals surface area contributed by atoms with Gasteiger partial charge >= 0.3 is 6.09 Å². The Morgan fingerprint density at radius 3 is 2.25 bits per heavy atom. The topological polar surface area (TPSA) is 159 Å². The molecule has 294 valence electrons. The molecule has 2 saturated heterocycles. The largest absolute Gasteiger partial charge is 0.453 e. The number of imidazole rings is 1. The normalized spacial score (nSPS) is 18.4. The van der Waals surface area contributed by atoms with Gasteiger partial charge in [0.1, 0.15) is 11.9 Å². The lowest BCUT2D eigenvalue weighted by Gasteiger charge is -2.36. The maximum Gasteiger partial charge on any atom is 0.407 e. The van der Waals surface area contributed by atoms with Gasteiger partial charge in [0, 0.05) is 55.5 Å². The molecular weight excluding hydrogens is 713 g/mol. The molecule has 1 unspecified atom stereocenters. The van der Waals surface area contributed by atoms with Gasteiger partial charge in [0.15, 0.2) is 5.43 Å². The Kier molecular flexibility index (Phi) is 11.0. The molecule has 0 aliphatic carbocycles. The predicted molar refractivity (Wildman–Crippen MR) is 214 cm³/mol. The number of hydrogen-bond acceptors (Lipinski definition) is 8. The van der Waals surface area contributed by atoms with Gasteiger partial charge in [-0.1, -0.05) is 30.3 Å². The Balaban J connectivity index is 1.10. The molecule has 2 fully saturated rings. The second kappa shape index (κ2) is 15.9. The van der Waals surface area contributed by atoms with E-state index in [2.05, 4.69) is 51.7 Å². The van der Waals surface area contributed by atoms with Gasteiger partial charge in [0.2, 0.25) is 11.8 Å². The fourth-order valence-corrected chi connectivity index (χ4v) is 8.02. The zero-order valence-corrected chi connectivity index (χ0v) is 32.8. The van der Waals surface area contributed by atoms with Crippen molar-refractivity contribution >= 4 is 39.6 Å². The number of amides is 3. The minimum atomic E-state index is -1.01. The van der Waals surface area contributed by atoms with Crippen molar-refractivity contribution in [2.45, 2.75) is 82.7 Å². The van der Waals surface area contributed by atoms with Crippen LogP contribution in [0.3, 0.4) is 0 Å². The van der Waals surface area contributed by atoms with Crippen molar-refractivity contribution in [2.75, 3.05) is 34.4 Å². The first-order valence-electron chi connectivity index (χ1n) is 19.2. The zero-order valence-electron chi connectivity index (χ0n) is 32.8. The van der Waals surface area contributed by atoms with Crippen LogP contribution in [0.15, 0.2) is 71.7 Å². The Hall–Kier alpha value is -5.53. The van der Waals surface area contributed by atoms with Crippen LogP contribution in [0.5, 0.6) is 0 Å². The summed E-state index contributed by atoms with van der Waals surface area (Å²) in [4.78, 5) is 68.0. The number of pyridine rings is 1. The highest BCUT2D eigenvalue weighted by atomic mass is 16.5. The number of carbonyl (C=O) groups excluding carboxylic acids is 3. The maximum absolute atomic E-state index is 13.9. The highest BCUT2D eigenvalue weighted by Crippen LogP contribution is 2.36. The minimum absolute atomic E-state index is 0.0750. The fraction of sp³-hybridized carbons (Fsp3) is 0.419. The number of benzene rings is 3. The fourth-order valence-electron chi connectivity index (χ4n) is 8.02. The number of carbonyl (C=O) groups is 3. The second-order valence-electron chi connectivity index (χ2n) is 15.4. The monoisotopic (exact) mass is 762 g/mol. The first-order chi connectivity index (χ1) is 26.9. The van der Waals surface area contributed by atoms with Crippen molar-refractivity contribution in [3.8, 4) is 22.4 Å². The summed E-state index contributed by atoms with van der Waals surface area (Å²) in [5, 5.41) is 5.31. The number of ether oxygens (including phenoxy) is 3. The Bertz CT molecular complexity index is 2330. The van der Waals surface area contributed by atoms with Gasteiger partial charge in [-0.05, 0) is 92.6 Å². The SMILES string of the molecule is COC(=O)N[C@H](C(=O)N1CCCC1c1cc(=O)c2cc(-c3ccc4cc(-c5cnc([C@@H]6CCCN6C(=O)C[C@@H](C)OC)[nH]5)ccc4c3)ccc2[nH]1)C(C)(C)OC. The average Bonchev–Trinajstić information content (AvgIpc) is 4.01. The van der Waals surface area contributed by atoms with Crippen molar-refractivity contribution in [3.63, 3.8) is 0 Å². The third kappa shape index (κ3) is 7.65.